The van der Waals surface area contributed by atoms with E-state index in [1.54, 1.807) is 0 Å². The molecule has 0 bridgehead atoms. The van der Waals surface area contributed by atoms with Crippen molar-refractivity contribution in [1.29, 1.82) is 0 Å². The molecule has 0 amide bonds. The minimum Gasteiger partial charge on any atom is -0.388 e. The Balaban J connectivity index is 2.21. The molecule has 1 aliphatic carbocycles. The summed E-state index contributed by atoms with van der Waals surface area (Å²) >= 11 is 0. The van der Waals surface area contributed by atoms with E-state index in [2.05, 4.69) is 52.8 Å². The summed E-state index contributed by atoms with van der Waals surface area (Å²) in [6.07, 6.45) is 11.7. The molecule has 1 heterocycles. The molecular weight excluding hydrogens is 272 g/mol. The zero-order valence-corrected chi connectivity index (χ0v) is 14.9. The summed E-state index contributed by atoms with van der Waals surface area (Å²) in [6, 6.07) is 0. The lowest BCUT2D eigenvalue weighted by Crippen LogP contribution is -2.17. The normalized spacial score (nSPS) is 41.3. The van der Waals surface area contributed by atoms with Crippen LogP contribution in [0, 0.1) is 5.92 Å². The van der Waals surface area contributed by atoms with Crippen LogP contribution < -0.4 is 0 Å². The molecule has 0 aromatic carbocycles. The topological polar surface area (TPSA) is 32.8 Å². The molecule has 22 heavy (non-hydrogen) atoms. The van der Waals surface area contributed by atoms with Gasteiger partial charge < -0.3 is 9.84 Å². The van der Waals surface area contributed by atoms with Gasteiger partial charge in [-0.25, -0.2) is 0 Å². The van der Waals surface area contributed by atoms with E-state index in [0.29, 0.717) is 5.92 Å². The van der Waals surface area contributed by atoms with Crippen LogP contribution >= 0.6 is 0 Å². The van der Waals surface area contributed by atoms with Crippen LogP contribution in [0.15, 0.2) is 34.9 Å². The monoisotopic (exact) mass is 304 g/mol. The van der Waals surface area contributed by atoms with Gasteiger partial charge in [-0.15, -0.1) is 0 Å². The first-order chi connectivity index (χ1) is 10.3. The van der Waals surface area contributed by atoms with Crippen molar-refractivity contribution in [2.75, 3.05) is 0 Å². The Morgan fingerprint density at radius 3 is 2.55 bits per heavy atom. The highest BCUT2D eigenvalue weighted by molar-refractivity contribution is 5.23. The van der Waals surface area contributed by atoms with Gasteiger partial charge in [0.05, 0.1) is 11.7 Å². The van der Waals surface area contributed by atoms with Crippen molar-refractivity contribution in [3.05, 3.63) is 34.9 Å². The van der Waals surface area contributed by atoms with Crippen molar-refractivity contribution in [1.82, 2.24) is 0 Å². The minimum absolute atomic E-state index is 0.0361. The summed E-state index contributed by atoms with van der Waals surface area (Å²) in [5.41, 5.74) is 3.83. The molecular formula is C20H32O2. The van der Waals surface area contributed by atoms with Crippen molar-refractivity contribution in [2.45, 2.75) is 84.5 Å². The molecule has 0 radical (unpaired) electrons. The smallest absolute Gasteiger partial charge is 0.106 e. The third kappa shape index (κ3) is 4.57. The van der Waals surface area contributed by atoms with Gasteiger partial charge >= 0.3 is 0 Å². The first-order valence-corrected chi connectivity index (χ1v) is 8.70. The summed E-state index contributed by atoms with van der Waals surface area (Å²) in [6.45, 7) is 10.9. The van der Waals surface area contributed by atoms with Crippen LogP contribution in [-0.4, -0.2) is 22.9 Å². The summed E-state index contributed by atoms with van der Waals surface area (Å²) < 4.78 is 5.94. The molecule has 1 aliphatic heterocycles. The molecule has 2 aliphatic rings. The average Bonchev–Trinajstić information content (AvgIpc) is 3.05. The maximum Gasteiger partial charge on any atom is 0.106 e. The molecule has 2 nitrogen and oxygen atoms in total. The number of rotatable bonds is 1. The first kappa shape index (κ1) is 17.5. The molecule has 1 saturated heterocycles. The van der Waals surface area contributed by atoms with E-state index in [1.807, 2.05) is 0 Å². The number of ether oxygens (including phenoxy) is 1. The quantitative estimate of drug-likeness (QED) is 0.549. The molecule has 2 heteroatoms. The molecule has 0 aromatic heterocycles. The van der Waals surface area contributed by atoms with Crippen molar-refractivity contribution >= 4 is 0 Å². The molecule has 1 fully saturated rings. The van der Waals surface area contributed by atoms with E-state index in [0.717, 1.165) is 37.7 Å². The fraction of sp³-hybridized carbons (Fsp3) is 0.700. The van der Waals surface area contributed by atoms with E-state index in [1.165, 1.54) is 11.1 Å². The number of allylic oxidation sites excluding steroid dienone is 3. The van der Waals surface area contributed by atoms with Gasteiger partial charge in [0.2, 0.25) is 0 Å². The molecule has 1 N–H and O–H groups in total. The lowest BCUT2D eigenvalue weighted by Gasteiger charge is -2.19. The Hall–Kier alpha value is -0.860. The van der Waals surface area contributed by atoms with E-state index in [-0.39, 0.29) is 17.8 Å². The van der Waals surface area contributed by atoms with Crippen molar-refractivity contribution < 1.29 is 9.84 Å². The molecule has 124 valence electrons. The summed E-state index contributed by atoms with van der Waals surface area (Å²) in [5.74, 6) is 0.353. The lowest BCUT2D eigenvalue weighted by molar-refractivity contribution is 0.199. The SMILES string of the molecule is C/C1=C\CC[C@]2(C)O[C@H]2/C=C(\C(C)C)[C@@H](O)C/C(C)=C/CC1. The Morgan fingerprint density at radius 2 is 1.86 bits per heavy atom. The maximum atomic E-state index is 10.6. The van der Waals surface area contributed by atoms with Crippen LogP contribution in [0.1, 0.15) is 66.7 Å². The fourth-order valence-electron chi connectivity index (χ4n) is 3.29. The van der Waals surface area contributed by atoms with Crippen LogP contribution in [0.2, 0.25) is 0 Å². The van der Waals surface area contributed by atoms with Crippen molar-refractivity contribution in [2.24, 2.45) is 5.92 Å². The highest BCUT2D eigenvalue weighted by Crippen LogP contribution is 2.43. The summed E-state index contributed by atoms with van der Waals surface area (Å²) in [7, 11) is 0. The second kappa shape index (κ2) is 7.14. The predicted molar refractivity (Wildman–Crippen MR) is 92.8 cm³/mol. The summed E-state index contributed by atoms with van der Waals surface area (Å²) in [4.78, 5) is 0. The first-order valence-electron chi connectivity index (χ1n) is 8.70. The van der Waals surface area contributed by atoms with Crippen LogP contribution in [0.5, 0.6) is 0 Å². The number of aliphatic hydroxyl groups is 1. The van der Waals surface area contributed by atoms with E-state index in [9.17, 15) is 5.11 Å². The molecule has 2 rings (SSSR count). The third-order valence-corrected chi connectivity index (χ3v) is 5.02. The number of hydrogen-bond donors (Lipinski definition) is 1. The largest absolute Gasteiger partial charge is 0.388 e. The zero-order valence-electron chi connectivity index (χ0n) is 14.9. The van der Waals surface area contributed by atoms with E-state index < -0.39 is 0 Å². The van der Waals surface area contributed by atoms with Crippen LogP contribution in [0.25, 0.3) is 0 Å². The van der Waals surface area contributed by atoms with E-state index in [4.69, 9.17) is 4.74 Å². The Kier molecular flexibility index (Phi) is 5.68. The van der Waals surface area contributed by atoms with Gasteiger partial charge in [0.25, 0.3) is 0 Å². The van der Waals surface area contributed by atoms with Gasteiger partial charge in [-0.1, -0.05) is 43.2 Å². The Morgan fingerprint density at radius 1 is 1.18 bits per heavy atom. The number of fused-ring (bicyclic) bond motifs is 1. The van der Waals surface area contributed by atoms with E-state index >= 15 is 0 Å². The van der Waals surface area contributed by atoms with Gasteiger partial charge in [-0.2, -0.15) is 0 Å². The maximum absolute atomic E-state index is 10.6. The van der Waals surface area contributed by atoms with Crippen molar-refractivity contribution in [3.63, 3.8) is 0 Å². The van der Waals surface area contributed by atoms with Gasteiger partial charge in [-0.05, 0) is 64.4 Å². The fourth-order valence-corrected chi connectivity index (χ4v) is 3.29. The Bertz CT molecular complexity index is 484. The van der Waals surface area contributed by atoms with Gasteiger partial charge in [0.1, 0.15) is 6.10 Å². The molecule has 3 atom stereocenters. The van der Waals surface area contributed by atoms with Crippen LogP contribution in [0.4, 0.5) is 0 Å². The highest BCUT2D eigenvalue weighted by Gasteiger charge is 2.50. The van der Waals surface area contributed by atoms with Crippen LogP contribution in [-0.2, 0) is 4.74 Å². The highest BCUT2D eigenvalue weighted by atomic mass is 16.6. The standard InChI is InChI=1S/C20H32O2/c1-14(2)17-13-19-20(5,22-19)11-7-10-15(3)8-6-9-16(4)12-18(17)21/h9-10,13-14,18-19,21H,6-8,11-12H2,1-5H3/b15-10+,16-9+,17-13+/t18-,19-,20-/m0/s1. The second-order valence-electron chi connectivity index (χ2n) is 7.57. The molecule has 0 spiro atoms. The predicted octanol–water partition coefficient (Wildman–Crippen LogP) is 4.94. The van der Waals surface area contributed by atoms with Gasteiger partial charge in [-0.3, -0.25) is 0 Å². The van der Waals surface area contributed by atoms with Gasteiger partial charge in [0.15, 0.2) is 0 Å². The second-order valence-corrected chi connectivity index (χ2v) is 7.57. The number of hydrogen-bond acceptors (Lipinski definition) is 2. The van der Waals surface area contributed by atoms with Crippen LogP contribution in [0.3, 0.4) is 0 Å². The average molecular weight is 304 g/mol. The zero-order chi connectivity index (χ0) is 16.3. The third-order valence-electron chi connectivity index (χ3n) is 5.02. The number of aliphatic hydroxyl groups excluding tert-OH is 1. The minimum atomic E-state index is -0.385. The molecule has 0 saturated carbocycles. The Labute approximate surface area is 136 Å². The molecule has 0 unspecified atom stereocenters. The van der Waals surface area contributed by atoms with Crippen molar-refractivity contribution in [3.8, 4) is 0 Å². The lowest BCUT2D eigenvalue weighted by atomic mass is 9.89. The summed E-state index contributed by atoms with van der Waals surface area (Å²) in [5, 5.41) is 10.6. The molecule has 0 aromatic rings. The number of epoxide rings is 1. The van der Waals surface area contributed by atoms with Gasteiger partial charge in [0, 0.05) is 0 Å².